The molecule has 1 aliphatic carbocycles. The molecule has 1 aliphatic rings. The summed E-state index contributed by atoms with van der Waals surface area (Å²) in [5.41, 5.74) is 6.09. The van der Waals surface area contributed by atoms with Gasteiger partial charge in [0.2, 0.25) is 11.8 Å². The van der Waals surface area contributed by atoms with Gasteiger partial charge in [-0.15, -0.1) is 0 Å². The molecule has 36 heavy (non-hydrogen) atoms. The van der Waals surface area contributed by atoms with Crippen molar-refractivity contribution in [3.05, 3.63) is 64.7 Å². The van der Waals surface area contributed by atoms with Crippen molar-refractivity contribution in [2.45, 2.75) is 44.5 Å². The number of ether oxygens (including phenoxy) is 1. The first-order chi connectivity index (χ1) is 17.0. The van der Waals surface area contributed by atoms with Crippen LogP contribution < -0.4 is 10.5 Å². The standard InChI is InChI=1S/C24H20ClF3N6O2/c1-23(5-6-23)36-22-19-21(31-12-32-22)34(11-15-10-14(4-7-30-15)24(26,27)28)20(33-19)16-3-2-13(8-17(16)25)9-18(29)35/h2-4,7-8,10,12H,5-6,9,11H2,1H3,(H2,29,35). The number of amides is 1. The number of fused-ring (bicyclic) bond motifs is 1. The van der Waals surface area contributed by atoms with Crippen LogP contribution in [-0.2, 0) is 23.9 Å². The third kappa shape index (κ3) is 4.83. The molecule has 0 atom stereocenters. The van der Waals surface area contributed by atoms with Crippen molar-refractivity contribution in [3.8, 4) is 17.3 Å². The van der Waals surface area contributed by atoms with E-state index in [9.17, 15) is 18.0 Å². The lowest BCUT2D eigenvalue weighted by atomic mass is 10.1. The van der Waals surface area contributed by atoms with Crippen LogP contribution in [0.2, 0.25) is 5.02 Å². The van der Waals surface area contributed by atoms with Crippen LogP contribution in [0.25, 0.3) is 22.6 Å². The highest BCUT2D eigenvalue weighted by Crippen LogP contribution is 2.41. The van der Waals surface area contributed by atoms with Crippen molar-refractivity contribution in [1.82, 2.24) is 24.5 Å². The van der Waals surface area contributed by atoms with Gasteiger partial charge in [-0.3, -0.25) is 9.78 Å². The van der Waals surface area contributed by atoms with Gasteiger partial charge in [0.15, 0.2) is 11.2 Å². The Morgan fingerprint density at radius 3 is 2.64 bits per heavy atom. The van der Waals surface area contributed by atoms with Crippen molar-refractivity contribution < 1.29 is 22.7 Å². The van der Waals surface area contributed by atoms with Crippen LogP contribution in [0.4, 0.5) is 13.2 Å². The van der Waals surface area contributed by atoms with Gasteiger partial charge >= 0.3 is 6.18 Å². The Morgan fingerprint density at radius 1 is 1.19 bits per heavy atom. The topological polar surface area (TPSA) is 109 Å². The summed E-state index contributed by atoms with van der Waals surface area (Å²) in [6.07, 6.45) is -0.337. The first kappa shape index (κ1) is 24.0. The third-order valence-electron chi connectivity index (χ3n) is 5.91. The van der Waals surface area contributed by atoms with Gasteiger partial charge in [-0.1, -0.05) is 17.7 Å². The van der Waals surface area contributed by atoms with Gasteiger partial charge in [-0.05, 0) is 49.6 Å². The maximum atomic E-state index is 13.3. The number of benzene rings is 1. The van der Waals surface area contributed by atoms with Gasteiger partial charge in [0.05, 0.1) is 29.2 Å². The molecule has 1 amide bonds. The first-order valence-corrected chi connectivity index (χ1v) is 11.4. The second kappa shape index (κ2) is 8.74. The van der Waals surface area contributed by atoms with Crippen molar-refractivity contribution in [2.24, 2.45) is 5.73 Å². The maximum Gasteiger partial charge on any atom is 0.416 e. The number of nitrogens with zero attached hydrogens (tertiary/aromatic N) is 5. The number of carbonyl (C=O) groups excluding carboxylic acids is 1. The lowest BCUT2D eigenvalue weighted by molar-refractivity contribution is -0.137. The Bertz CT molecular complexity index is 1480. The molecule has 0 saturated heterocycles. The van der Waals surface area contributed by atoms with Crippen molar-refractivity contribution in [1.29, 1.82) is 0 Å². The molecule has 1 saturated carbocycles. The fourth-order valence-electron chi connectivity index (χ4n) is 3.81. The number of primary amides is 1. The molecule has 12 heteroatoms. The fourth-order valence-corrected chi connectivity index (χ4v) is 4.10. The number of nitrogens with two attached hydrogens (primary N) is 1. The Morgan fingerprint density at radius 2 is 1.97 bits per heavy atom. The van der Waals surface area contributed by atoms with E-state index >= 15 is 0 Å². The zero-order chi connectivity index (χ0) is 25.7. The number of pyridine rings is 1. The number of carbonyl (C=O) groups is 1. The van der Waals surface area contributed by atoms with Crippen LogP contribution in [0.3, 0.4) is 0 Å². The second-order valence-corrected chi connectivity index (χ2v) is 9.32. The van der Waals surface area contributed by atoms with Gasteiger partial charge in [-0.25, -0.2) is 9.97 Å². The lowest BCUT2D eigenvalue weighted by Crippen LogP contribution is -2.13. The van der Waals surface area contributed by atoms with Crippen LogP contribution in [-0.4, -0.2) is 36.0 Å². The maximum absolute atomic E-state index is 13.3. The number of halogens is 4. The number of rotatable bonds is 7. The van der Waals surface area contributed by atoms with Crippen LogP contribution in [0.5, 0.6) is 5.88 Å². The minimum absolute atomic E-state index is 0.00656. The number of hydrogen-bond donors (Lipinski definition) is 1. The molecule has 3 aromatic heterocycles. The van der Waals surface area contributed by atoms with Crippen LogP contribution in [0, 0.1) is 0 Å². The monoisotopic (exact) mass is 516 g/mol. The van der Waals surface area contributed by atoms with E-state index in [4.69, 9.17) is 27.1 Å². The summed E-state index contributed by atoms with van der Waals surface area (Å²) in [4.78, 5) is 28.7. The molecule has 0 bridgehead atoms. The van der Waals surface area contributed by atoms with Gasteiger partial charge in [0, 0.05) is 11.8 Å². The van der Waals surface area contributed by atoms with Gasteiger partial charge in [0.1, 0.15) is 17.8 Å². The normalized spacial score (nSPS) is 14.7. The molecule has 0 aliphatic heterocycles. The molecule has 0 spiro atoms. The molecule has 0 unspecified atom stereocenters. The summed E-state index contributed by atoms with van der Waals surface area (Å²) >= 11 is 6.55. The highest BCUT2D eigenvalue weighted by atomic mass is 35.5. The molecule has 8 nitrogen and oxygen atoms in total. The lowest BCUT2D eigenvalue weighted by Gasteiger charge is -2.13. The van der Waals surface area contributed by atoms with E-state index in [-0.39, 0.29) is 35.2 Å². The van der Waals surface area contributed by atoms with Gasteiger partial charge in [0.25, 0.3) is 0 Å². The van der Waals surface area contributed by atoms with Crippen LogP contribution >= 0.6 is 11.6 Å². The van der Waals surface area contributed by atoms with Crippen LogP contribution in [0.1, 0.15) is 36.6 Å². The zero-order valence-electron chi connectivity index (χ0n) is 19.0. The first-order valence-electron chi connectivity index (χ1n) is 11.0. The summed E-state index contributed by atoms with van der Waals surface area (Å²) in [6, 6.07) is 6.86. The molecule has 1 aromatic carbocycles. The van der Waals surface area contributed by atoms with Gasteiger partial charge < -0.3 is 15.0 Å². The second-order valence-electron chi connectivity index (χ2n) is 8.92. The molecule has 5 rings (SSSR count). The molecule has 1 fully saturated rings. The molecule has 186 valence electrons. The quantitative estimate of drug-likeness (QED) is 0.385. The Labute approximate surface area is 208 Å². The summed E-state index contributed by atoms with van der Waals surface area (Å²) in [5.74, 6) is 0.108. The number of aromatic nitrogens is 5. The number of alkyl halides is 3. The predicted molar refractivity (Wildman–Crippen MR) is 125 cm³/mol. The molecular formula is C24H20ClF3N6O2. The van der Waals surface area contributed by atoms with E-state index in [1.165, 1.54) is 6.33 Å². The Balaban J connectivity index is 1.65. The Hall–Kier alpha value is -3.73. The number of imidazole rings is 1. The smallest absolute Gasteiger partial charge is 0.416 e. The SMILES string of the molecule is CC1(Oc2ncnc3c2nc(-c2ccc(CC(N)=O)cc2Cl)n3Cc2cc(C(F)(F)F)ccn2)CC1. The summed E-state index contributed by atoms with van der Waals surface area (Å²) in [5, 5.41) is 0.284. The van der Waals surface area contributed by atoms with E-state index in [0.29, 0.717) is 28.1 Å². The van der Waals surface area contributed by atoms with E-state index in [0.717, 1.165) is 31.2 Å². The fraction of sp³-hybridized carbons (Fsp3) is 0.292. The van der Waals surface area contributed by atoms with Crippen LogP contribution in [0.15, 0.2) is 42.9 Å². The Kier molecular flexibility index (Phi) is 5.82. The third-order valence-corrected chi connectivity index (χ3v) is 6.23. The van der Waals surface area contributed by atoms with E-state index in [2.05, 4.69) is 15.0 Å². The predicted octanol–water partition coefficient (Wildman–Crippen LogP) is 4.57. The summed E-state index contributed by atoms with van der Waals surface area (Å²) in [7, 11) is 0. The molecule has 4 aromatic rings. The zero-order valence-corrected chi connectivity index (χ0v) is 19.8. The molecule has 2 N–H and O–H groups in total. The van der Waals surface area contributed by atoms with E-state index < -0.39 is 17.6 Å². The van der Waals surface area contributed by atoms with Crippen molar-refractivity contribution in [3.63, 3.8) is 0 Å². The molecule has 3 heterocycles. The molecule has 0 radical (unpaired) electrons. The van der Waals surface area contributed by atoms with Gasteiger partial charge in [-0.2, -0.15) is 18.2 Å². The molecular weight excluding hydrogens is 497 g/mol. The highest BCUT2D eigenvalue weighted by molar-refractivity contribution is 6.33. The van der Waals surface area contributed by atoms with E-state index in [1.54, 1.807) is 22.8 Å². The average molecular weight is 517 g/mol. The minimum atomic E-state index is -4.51. The summed E-state index contributed by atoms with van der Waals surface area (Å²) < 4.78 is 47.6. The largest absolute Gasteiger partial charge is 0.470 e. The average Bonchev–Trinajstić information content (AvgIpc) is 3.42. The highest BCUT2D eigenvalue weighted by Gasteiger charge is 2.41. The van der Waals surface area contributed by atoms with Crippen molar-refractivity contribution in [2.75, 3.05) is 0 Å². The van der Waals surface area contributed by atoms with Crippen molar-refractivity contribution >= 4 is 28.7 Å². The minimum Gasteiger partial charge on any atom is -0.470 e. The van der Waals surface area contributed by atoms with E-state index in [1.807, 2.05) is 6.92 Å². The summed E-state index contributed by atoms with van der Waals surface area (Å²) in [6.45, 7) is 1.89. The number of hydrogen-bond acceptors (Lipinski definition) is 6.